The smallest absolute Gasteiger partial charge is 0.167 e. The van der Waals surface area contributed by atoms with Crippen molar-refractivity contribution < 1.29 is 9.53 Å². The molecular weight excluding hydrogens is 252 g/mol. The molecule has 3 heterocycles. The molecule has 2 aliphatic heterocycles. The Balaban J connectivity index is 1.81. The number of hydrogen-bond acceptors (Lipinski definition) is 4. The van der Waals surface area contributed by atoms with Gasteiger partial charge >= 0.3 is 0 Å². The molecule has 0 radical (unpaired) electrons. The third-order valence-electron chi connectivity index (χ3n) is 4.75. The Morgan fingerprint density at radius 1 is 1.25 bits per heavy atom. The van der Waals surface area contributed by atoms with Crippen LogP contribution in [0.15, 0.2) is 12.1 Å². The number of aromatic nitrogens is 1. The lowest BCUT2D eigenvalue weighted by molar-refractivity contribution is -0.0702. The first kappa shape index (κ1) is 13.7. The average Bonchev–Trinajstić information content (AvgIpc) is 2.37. The maximum absolute atomic E-state index is 12.8. The summed E-state index contributed by atoms with van der Waals surface area (Å²) in [6.07, 6.45) is 1.80. The molecule has 1 aromatic rings. The lowest BCUT2D eigenvalue weighted by Crippen LogP contribution is -2.55. The number of pyridine rings is 1. The highest BCUT2D eigenvalue weighted by Gasteiger charge is 2.39. The first-order valence-electron chi connectivity index (χ1n) is 7.34. The quantitative estimate of drug-likeness (QED) is 0.774. The van der Waals surface area contributed by atoms with Crippen molar-refractivity contribution in [3.8, 4) is 0 Å². The van der Waals surface area contributed by atoms with Gasteiger partial charge in [-0.2, -0.15) is 0 Å². The minimum absolute atomic E-state index is 0.119. The van der Waals surface area contributed by atoms with E-state index in [1.165, 1.54) is 0 Å². The van der Waals surface area contributed by atoms with E-state index in [9.17, 15) is 4.79 Å². The van der Waals surface area contributed by atoms with E-state index in [0.29, 0.717) is 12.1 Å². The average molecular weight is 274 g/mol. The largest absolute Gasteiger partial charge is 0.378 e. The zero-order chi connectivity index (χ0) is 14.3. The van der Waals surface area contributed by atoms with Crippen LogP contribution in [0.4, 0.5) is 0 Å². The summed E-state index contributed by atoms with van der Waals surface area (Å²) in [5, 5.41) is 0. The standard InChI is InChI=1S/C16H22N2O2/c1-10-4-5-15(11(2)17-10)16(19)12-6-13-8-20-9-14(7-12)18(13)3/h4-5,12-14H,6-9H2,1-3H3. The van der Waals surface area contributed by atoms with Gasteiger partial charge in [0, 0.05) is 35.0 Å². The number of morpholine rings is 1. The van der Waals surface area contributed by atoms with Crippen LogP contribution in [-0.2, 0) is 4.74 Å². The molecule has 2 atom stereocenters. The summed E-state index contributed by atoms with van der Waals surface area (Å²) in [5.41, 5.74) is 2.62. The van der Waals surface area contributed by atoms with Crippen LogP contribution in [0.3, 0.4) is 0 Å². The predicted octanol–water partition coefficient (Wildman–Crippen LogP) is 1.99. The Bertz CT molecular complexity index is 515. The van der Waals surface area contributed by atoms with Crippen LogP contribution in [0.25, 0.3) is 0 Å². The van der Waals surface area contributed by atoms with Gasteiger partial charge < -0.3 is 4.74 Å². The lowest BCUT2D eigenvalue weighted by atomic mass is 9.80. The minimum atomic E-state index is 0.119. The van der Waals surface area contributed by atoms with Crippen molar-refractivity contribution in [2.45, 2.75) is 38.8 Å². The molecule has 2 aliphatic rings. The molecule has 0 spiro atoms. The van der Waals surface area contributed by atoms with Crippen LogP contribution in [-0.4, -0.2) is 48.0 Å². The number of carbonyl (C=O) groups excluding carboxylic acids is 1. The molecule has 2 fully saturated rings. The topological polar surface area (TPSA) is 42.4 Å². The Morgan fingerprint density at radius 2 is 1.90 bits per heavy atom. The normalized spacial score (nSPS) is 30.2. The van der Waals surface area contributed by atoms with Crippen LogP contribution in [0, 0.1) is 19.8 Å². The molecule has 2 bridgehead atoms. The van der Waals surface area contributed by atoms with Crippen molar-refractivity contribution in [2.24, 2.45) is 5.92 Å². The number of fused-ring (bicyclic) bond motifs is 2. The van der Waals surface area contributed by atoms with Crippen LogP contribution in [0.5, 0.6) is 0 Å². The molecular formula is C16H22N2O2. The maximum Gasteiger partial charge on any atom is 0.167 e. The lowest BCUT2D eigenvalue weighted by Gasteiger charge is -2.46. The van der Waals surface area contributed by atoms with Gasteiger partial charge in [0.15, 0.2) is 5.78 Å². The molecule has 108 valence electrons. The molecule has 1 aromatic heterocycles. The predicted molar refractivity (Wildman–Crippen MR) is 76.9 cm³/mol. The fourth-order valence-corrected chi connectivity index (χ4v) is 3.48. The first-order chi connectivity index (χ1) is 9.56. The molecule has 0 amide bonds. The molecule has 20 heavy (non-hydrogen) atoms. The summed E-state index contributed by atoms with van der Waals surface area (Å²) in [6.45, 7) is 5.39. The van der Waals surface area contributed by atoms with E-state index in [4.69, 9.17) is 4.74 Å². The van der Waals surface area contributed by atoms with E-state index < -0.39 is 0 Å². The van der Waals surface area contributed by atoms with Gasteiger partial charge in [-0.15, -0.1) is 0 Å². The highest BCUT2D eigenvalue weighted by atomic mass is 16.5. The fraction of sp³-hybridized carbons (Fsp3) is 0.625. The second-order valence-electron chi connectivity index (χ2n) is 6.13. The first-order valence-corrected chi connectivity index (χ1v) is 7.34. The van der Waals surface area contributed by atoms with E-state index in [0.717, 1.165) is 43.0 Å². The summed E-state index contributed by atoms with van der Waals surface area (Å²) >= 11 is 0. The van der Waals surface area contributed by atoms with Crippen molar-refractivity contribution in [3.63, 3.8) is 0 Å². The third kappa shape index (κ3) is 2.38. The molecule has 3 rings (SSSR count). The monoisotopic (exact) mass is 274 g/mol. The number of hydrogen-bond donors (Lipinski definition) is 0. The van der Waals surface area contributed by atoms with Crippen LogP contribution in [0.2, 0.25) is 0 Å². The number of aryl methyl sites for hydroxylation is 2. The van der Waals surface area contributed by atoms with Crippen molar-refractivity contribution >= 4 is 5.78 Å². The van der Waals surface area contributed by atoms with Gasteiger partial charge in [-0.05, 0) is 45.9 Å². The number of Topliss-reactive ketones (excluding diaryl/α,β-unsaturated/α-hetero) is 1. The maximum atomic E-state index is 12.8. The van der Waals surface area contributed by atoms with Gasteiger partial charge in [0.2, 0.25) is 0 Å². The molecule has 0 aromatic carbocycles. The van der Waals surface area contributed by atoms with E-state index in [2.05, 4.69) is 16.9 Å². The Morgan fingerprint density at radius 3 is 2.50 bits per heavy atom. The number of likely N-dealkylation sites (N-methyl/N-ethyl adjacent to an activating group) is 1. The van der Waals surface area contributed by atoms with Crippen LogP contribution in [0.1, 0.15) is 34.6 Å². The molecule has 2 unspecified atom stereocenters. The van der Waals surface area contributed by atoms with Gasteiger partial charge in [-0.1, -0.05) is 0 Å². The number of rotatable bonds is 2. The van der Waals surface area contributed by atoms with Crippen molar-refractivity contribution in [2.75, 3.05) is 20.3 Å². The molecule has 0 N–H and O–H groups in total. The van der Waals surface area contributed by atoms with E-state index >= 15 is 0 Å². The van der Waals surface area contributed by atoms with Crippen molar-refractivity contribution in [1.82, 2.24) is 9.88 Å². The van der Waals surface area contributed by atoms with E-state index in [-0.39, 0.29) is 11.7 Å². The van der Waals surface area contributed by atoms with Gasteiger partial charge in [0.05, 0.1) is 13.2 Å². The summed E-state index contributed by atoms with van der Waals surface area (Å²) in [7, 11) is 2.15. The van der Waals surface area contributed by atoms with E-state index in [1.54, 1.807) is 0 Å². The number of carbonyl (C=O) groups is 1. The number of ketones is 1. The van der Waals surface area contributed by atoms with Crippen molar-refractivity contribution in [1.29, 1.82) is 0 Å². The minimum Gasteiger partial charge on any atom is -0.378 e. The van der Waals surface area contributed by atoms with Crippen molar-refractivity contribution in [3.05, 3.63) is 29.1 Å². The second-order valence-corrected chi connectivity index (χ2v) is 6.13. The third-order valence-corrected chi connectivity index (χ3v) is 4.75. The Kier molecular flexibility index (Phi) is 3.61. The van der Waals surface area contributed by atoms with Gasteiger partial charge in [0.1, 0.15) is 0 Å². The molecule has 4 heteroatoms. The number of ether oxygens (including phenoxy) is 1. The zero-order valence-corrected chi connectivity index (χ0v) is 12.4. The highest BCUT2D eigenvalue weighted by Crippen LogP contribution is 2.32. The van der Waals surface area contributed by atoms with Gasteiger partial charge in [-0.25, -0.2) is 0 Å². The highest BCUT2D eigenvalue weighted by molar-refractivity contribution is 5.98. The SMILES string of the molecule is Cc1ccc(C(=O)C2CC3COCC(C2)N3C)c(C)n1. The van der Waals surface area contributed by atoms with Gasteiger partial charge in [0.25, 0.3) is 0 Å². The summed E-state index contributed by atoms with van der Waals surface area (Å²) < 4.78 is 5.61. The Labute approximate surface area is 120 Å². The summed E-state index contributed by atoms with van der Waals surface area (Å²) in [5.74, 6) is 0.383. The molecule has 4 nitrogen and oxygen atoms in total. The zero-order valence-electron chi connectivity index (χ0n) is 12.4. The summed E-state index contributed by atoms with van der Waals surface area (Å²) in [6, 6.07) is 4.63. The number of piperidine rings is 1. The summed E-state index contributed by atoms with van der Waals surface area (Å²) in [4.78, 5) is 19.6. The molecule has 0 aliphatic carbocycles. The second kappa shape index (κ2) is 5.26. The number of nitrogens with zero attached hydrogens (tertiary/aromatic N) is 2. The van der Waals surface area contributed by atoms with Gasteiger partial charge in [-0.3, -0.25) is 14.7 Å². The van der Waals surface area contributed by atoms with E-state index in [1.807, 2.05) is 26.0 Å². The molecule has 2 saturated heterocycles. The fourth-order valence-electron chi connectivity index (χ4n) is 3.48. The Hall–Kier alpha value is -1.26. The van der Waals surface area contributed by atoms with Crippen LogP contribution >= 0.6 is 0 Å². The van der Waals surface area contributed by atoms with Crippen LogP contribution < -0.4 is 0 Å². The molecule has 0 saturated carbocycles.